The number of nitrogens with zero attached hydrogens (tertiary/aromatic N) is 1. The fraction of sp³-hybridized carbons (Fsp3) is 0.400. The molecule has 0 unspecified atom stereocenters. The molecule has 1 N–H and O–H groups in total. The van der Waals surface area contributed by atoms with Crippen LogP contribution in [0.25, 0.3) is 0 Å². The van der Waals surface area contributed by atoms with Crippen molar-refractivity contribution in [3.8, 4) is 0 Å². The minimum Gasteiger partial charge on any atom is -0.308 e. The number of anilines is 1. The molecule has 0 fully saturated rings. The Bertz CT molecular complexity index is 422. The Morgan fingerprint density at radius 3 is 3.00 bits per heavy atom. The van der Waals surface area contributed by atoms with Gasteiger partial charge in [0.1, 0.15) is 5.82 Å². The number of hydrogen-bond donors (Lipinski definition) is 1. The Kier molecular flexibility index (Phi) is 2.11. The average Bonchev–Trinajstić information content (AvgIpc) is 2.16. The van der Waals surface area contributed by atoms with Crippen molar-refractivity contribution in [3.63, 3.8) is 0 Å². The summed E-state index contributed by atoms with van der Waals surface area (Å²) in [7, 11) is 0. The van der Waals surface area contributed by atoms with Crippen molar-refractivity contribution in [1.29, 1.82) is 0 Å². The molecule has 1 aliphatic heterocycles. The van der Waals surface area contributed by atoms with Gasteiger partial charge in [-0.1, -0.05) is 0 Å². The molecule has 0 radical (unpaired) electrons. The second-order valence-electron chi connectivity index (χ2n) is 3.47. The number of amides is 1. The summed E-state index contributed by atoms with van der Waals surface area (Å²) in [6.45, 7) is 2.21. The molecule has 1 aromatic rings. The third-order valence-electron chi connectivity index (χ3n) is 2.46. The molecule has 14 heavy (non-hydrogen) atoms. The second-order valence-corrected chi connectivity index (χ2v) is 3.47. The normalized spacial score (nSPS) is 15.1. The Labute approximate surface area is 81.6 Å². The first-order valence-corrected chi connectivity index (χ1v) is 4.69. The minimum absolute atomic E-state index is 0.0206. The molecule has 2 rings (SSSR count). The quantitative estimate of drug-likeness (QED) is 0.657. The number of aromatic nitrogens is 1. The maximum Gasteiger partial charge on any atom is 0.249 e. The zero-order valence-corrected chi connectivity index (χ0v) is 8.04. The van der Waals surface area contributed by atoms with Crippen molar-refractivity contribution in [2.24, 2.45) is 0 Å². The van der Waals surface area contributed by atoms with E-state index in [1.54, 1.807) is 11.0 Å². The third kappa shape index (κ3) is 1.43. The largest absolute Gasteiger partial charge is 0.308 e. The molecule has 0 spiro atoms. The second kappa shape index (κ2) is 3.29. The summed E-state index contributed by atoms with van der Waals surface area (Å²) in [5, 5.41) is 0. The first-order valence-electron chi connectivity index (χ1n) is 4.69. The standard InChI is InChI=1S/C10H12N2O2/c1-7(13)12-6-2-3-8-4-5-9(14)11-10(8)12/h4-5H,2-3,6H2,1H3,(H,11,14). The Hall–Kier alpha value is -1.58. The van der Waals surface area contributed by atoms with Gasteiger partial charge < -0.3 is 4.98 Å². The number of rotatable bonds is 0. The van der Waals surface area contributed by atoms with E-state index < -0.39 is 0 Å². The smallest absolute Gasteiger partial charge is 0.249 e. The Morgan fingerprint density at radius 2 is 2.29 bits per heavy atom. The van der Waals surface area contributed by atoms with Crippen LogP contribution in [0.1, 0.15) is 18.9 Å². The highest BCUT2D eigenvalue weighted by Crippen LogP contribution is 2.22. The predicted molar refractivity (Wildman–Crippen MR) is 53.4 cm³/mol. The summed E-state index contributed by atoms with van der Waals surface area (Å²) in [6.07, 6.45) is 1.88. The maximum absolute atomic E-state index is 11.3. The van der Waals surface area contributed by atoms with Crippen LogP contribution in [-0.4, -0.2) is 17.4 Å². The van der Waals surface area contributed by atoms with Gasteiger partial charge in [-0.05, 0) is 24.5 Å². The van der Waals surface area contributed by atoms with Crippen molar-refractivity contribution in [2.75, 3.05) is 11.4 Å². The van der Waals surface area contributed by atoms with Crippen LogP contribution in [0.3, 0.4) is 0 Å². The lowest BCUT2D eigenvalue weighted by atomic mass is 10.1. The highest BCUT2D eigenvalue weighted by Gasteiger charge is 2.20. The molecular formula is C10H12N2O2. The monoisotopic (exact) mass is 192 g/mol. The lowest BCUT2D eigenvalue weighted by Gasteiger charge is -2.27. The average molecular weight is 192 g/mol. The number of pyridine rings is 1. The minimum atomic E-state index is -0.156. The Balaban J connectivity index is 2.52. The zero-order valence-electron chi connectivity index (χ0n) is 8.04. The van der Waals surface area contributed by atoms with E-state index in [4.69, 9.17) is 0 Å². The summed E-state index contributed by atoms with van der Waals surface area (Å²) in [5.41, 5.74) is 0.892. The molecule has 1 aromatic heterocycles. The zero-order chi connectivity index (χ0) is 10.1. The fourth-order valence-corrected chi connectivity index (χ4v) is 1.79. The highest BCUT2D eigenvalue weighted by molar-refractivity contribution is 5.91. The number of aryl methyl sites for hydroxylation is 1. The molecule has 4 nitrogen and oxygen atoms in total. The lowest BCUT2D eigenvalue weighted by molar-refractivity contribution is -0.116. The van der Waals surface area contributed by atoms with Gasteiger partial charge in [0.05, 0.1) is 0 Å². The van der Waals surface area contributed by atoms with E-state index in [9.17, 15) is 9.59 Å². The predicted octanol–water partition coefficient (Wildman–Crippen LogP) is 0.674. The first-order chi connectivity index (χ1) is 6.68. The number of aromatic amines is 1. The summed E-state index contributed by atoms with van der Waals surface area (Å²) in [4.78, 5) is 26.7. The van der Waals surface area contributed by atoms with Gasteiger partial charge in [-0.15, -0.1) is 0 Å². The van der Waals surface area contributed by atoms with Crippen LogP contribution in [0.15, 0.2) is 16.9 Å². The first kappa shape index (κ1) is 8.99. The van der Waals surface area contributed by atoms with Crippen molar-refractivity contribution in [3.05, 3.63) is 28.0 Å². The van der Waals surface area contributed by atoms with Gasteiger partial charge >= 0.3 is 0 Å². The molecule has 74 valence electrons. The van der Waals surface area contributed by atoms with E-state index in [1.165, 1.54) is 13.0 Å². The molecular weight excluding hydrogens is 180 g/mol. The highest BCUT2D eigenvalue weighted by atomic mass is 16.2. The number of fused-ring (bicyclic) bond motifs is 1. The van der Waals surface area contributed by atoms with E-state index >= 15 is 0 Å². The van der Waals surface area contributed by atoms with Crippen molar-refractivity contribution in [1.82, 2.24) is 4.98 Å². The van der Waals surface area contributed by atoms with E-state index in [0.717, 1.165) is 18.4 Å². The van der Waals surface area contributed by atoms with Crippen molar-refractivity contribution < 1.29 is 4.79 Å². The molecule has 0 bridgehead atoms. The van der Waals surface area contributed by atoms with E-state index in [-0.39, 0.29) is 11.5 Å². The van der Waals surface area contributed by atoms with Crippen LogP contribution in [-0.2, 0) is 11.2 Å². The molecule has 1 aliphatic rings. The van der Waals surface area contributed by atoms with Gasteiger partial charge in [-0.25, -0.2) is 0 Å². The number of carbonyl (C=O) groups excluding carboxylic acids is 1. The van der Waals surface area contributed by atoms with Gasteiger partial charge in [0.15, 0.2) is 0 Å². The molecule has 4 heteroatoms. The van der Waals surface area contributed by atoms with Crippen LogP contribution >= 0.6 is 0 Å². The SMILES string of the molecule is CC(=O)N1CCCc2ccc(=O)[nH]c21. The molecule has 0 atom stereocenters. The number of H-pyrrole nitrogens is 1. The Morgan fingerprint density at radius 1 is 1.50 bits per heavy atom. The third-order valence-corrected chi connectivity index (χ3v) is 2.46. The van der Waals surface area contributed by atoms with Gasteiger partial charge in [0.25, 0.3) is 0 Å². The van der Waals surface area contributed by atoms with E-state index in [1.807, 2.05) is 0 Å². The molecule has 0 aromatic carbocycles. The summed E-state index contributed by atoms with van der Waals surface area (Å²) < 4.78 is 0. The van der Waals surface area contributed by atoms with Crippen molar-refractivity contribution in [2.45, 2.75) is 19.8 Å². The fourth-order valence-electron chi connectivity index (χ4n) is 1.79. The van der Waals surface area contributed by atoms with Crippen LogP contribution in [0.5, 0.6) is 0 Å². The van der Waals surface area contributed by atoms with Gasteiger partial charge in [0.2, 0.25) is 11.5 Å². The van der Waals surface area contributed by atoms with Gasteiger partial charge in [0, 0.05) is 19.5 Å². The van der Waals surface area contributed by atoms with Gasteiger partial charge in [-0.2, -0.15) is 0 Å². The molecule has 0 aliphatic carbocycles. The molecule has 0 saturated carbocycles. The molecule has 2 heterocycles. The maximum atomic E-state index is 11.3. The van der Waals surface area contributed by atoms with Crippen LogP contribution in [0.2, 0.25) is 0 Å². The number of carbonyl (C=O) groups is 1. The molecule has 1 amide bonds. The van der Waals surface area contributed by atoms with E-state index in [0.29, 0.717) is 12.4 Å². The molecule has 0 saturated heterocycles. The van der Waals surface area contributed by atoms with Crippen LogP contribution in [0.4, 0.5) is 5.82 Å². The van der Waals surface area contributed by atoms with Crippen molar-refractivity contribution >= 4 is 11.7 Å². The lowest BCUT2D eigenvalue weighted by Crippen LogP contribution is -2.35. The topological polar surface area (TPSA) is 53.2 Å². The van der Waals surface area contributed by atoms with Crippen LogP contribution in [0, 0.1) is 0 Å². The van der Waals surface area contributed by atoms with Gasteiger partial charge in [-0.3, -0.25) is 14.5 Å². The number of hydrogen-bond acceptors (Lipinski definition) is 2. The van der Waals surface area contributed by atoms with Crippen LogP contribution < -0.4 is 10.5 Å². The summed E-state index contributed by atoms with van der Waals surface area (Å²) in [5.74, 6) is 0.657. The summed E-state index contributed by atoms with van der Waals surface area (Å²) >= 11 is 0. The van der Waals surface area contributed by atoms with E-state index in [2.05, 4.69) is 4.98 Å². The summed E-state index contributed by atoms with van der Waals surface area (Å²) in [6, 6.07) is 3.30. The number of nitrogens with one attached hydrogen (secondary N) is 1.